The Balaban J connectivity index is 1.74. The second-order valence-electron chi connectivity index (χ2n) is 7.83. The van der Waals surface area contributed by atoms with Gasteiger partial charge in [0.15, 0.2) is 0 Å². The first kappa shape index (κ1) is 16.8. The number of rotatable bonds is 2. The number of fused-ring (bicyclic) bond motifs is 1. The number of hydrogen-bond donors (Lipinski definition) is 1. The van der Waals surface area contributed by atoms with Gasteiger partial charge < -0.3 is 9.64 Å². The van der Waals surface area contributed by atoms with E-state index < -0.39 is 0 Å². The molecule has 0 bridgehead atoms. The van der Waals surface area contributed by atoms with E-state index in [4.69, 9.17) is 4.74 Å². The Hall–Kier alpha value is -1.09. The van der Waals surface area contributed by atoms with Crippen molar-refractivity contribution in [1.29, 1.82) is 0 Å². The second-order valence-corrected chi connectivity index (χ2v) is 7.83. The lowest BCUT2D eigenvalue weighted by Gasteiger charge is -2.27. The highest BCUT2D eigenvalue weighted by Gasteiger charge is 2.45. The normalized spacial score (nSPS) is 35.7. The maximum Gasteiger partial charge on any atom is 0.315 e. The summed E-state index contributed by atoms with van der Waals surface area (Å²) >= 11 is 0. The van der Waals surface area contributed by atoms with E-state index in [0.29, 0.717) is 5.92 Å². The zero-order chi connectivity index (χ0) is 16.2. The molecule has 0 aromatic rings. The molecular formula is C20H32NO2+. The molecular weight excluding hydrogens is 286 g/mol. The minimum atomic E-state index is 0.0163. The standard InChI is InChI=1S/C20H31NO2/c1-15-7-6-8-16(2)13-19-17(10-9-15)18(20(22)23-19)14-21-11-4-3-5-12-21/h7,13,17-19H,3-6,8-12,14H2,1-2H3/p+1/b15-7-,16-13?/t17-,18+,19+/m1/s1. The van der Waals surface area contributed by atoms with Crippen LogP contribution in [-0.4, -0.2) is 31.7 Å². The number of ether oxygens (including phenoxy) is 1. The molecule has 3 rings (SSSR count). The Morgan fingerprint density at radius 2 is 1.91 bits per heavy atom. The van der Waals surface area contributed by atoms with Gasteiger partial charge in [0.05, 0.1) is 19.6 Å². The summed E-state index contributed by atoms with van der Waals surface area (Å²) in [5, 5.41) is 0. The third-order valence-electron chi connectivity index (χ3n) is 5.92. The average molecular weight is 318 g/mol. The molecule has 0 saturated carbocycles. The van der Waals surface area contributed by atoms with Crippen molar-refractivity contribution in [2.75, 3.05) is 19.6 Å². The molecule has 0 radical (unpaired) electrons. The van der Waals surface area contributed by atoms with E-state index >= 15 is 0 Å². The monoisotopic (exact) mass is 318 g/mol. The molecule has 3 nitrogen and oxygen atoms in total. The Kier molecular flexibility index (Phi) is 5.58. The van der Waals surface area contributed by atoms with Gasteiger partial charge in [0.1, 0.15) is 12.0 Å². The van der Waals surface area contributed by atoms with Crippen LogP contribution in [0.4, 0.5) is 0 Å². The summed E-state index contributed by atoms with van der Waals surface area (Å²) in [7, 11) is 0. The largest absolute Gasteiger partial charge is 0.457 e. The molecule has 3 aliphatic rings. The molecule has 0 amide bonds. The van der Waals surface area contributed by atoms with Crippen LogP contribution in [0.1, 0.15) is 58.8 Å². The van der Waals surface area contributed by atoms with E-state index in [1.165, 1.54) is 43.5 Å². The number of likely N-dealkylation sites (tertiary alicyclic amines) is 1. The van der Waals surface area contributed by atoms with Crippen molar-refractivity contribution in [2.45, 2.75) is 64.9 Å². The van der Waals surface area contributed by atoms with Crippen molar-refractivity contribution < 1.29 is 14.4 Å². The van der Waals surface area contributed by atoms with Crippen LogP contribution in [0.25, 0.3) is 0 Å². The lowest BCUT2D eigenvalue weighted by Crippen LogP contribution is -3.13. The number of nitrogens with one attached hydrogen (secondary N) is 1. The molecule has 2 aliphatic heterocycles. The molecule has 1 aliphatic carbocycles. The summed E-state index contributed by atoms with van der Waals surface area (Å²) in [6.45, 7) is 7.86. The zero-order valence-corrected chi connectivity index (χ0v) is 14.8. The van der Waals surface area contributed by atoms with Gasteiger partial charge in [0.2, 0.25) is 0 Å². The smallest absolute Gasteiger partial charge is 0.315 e. The summed E-state index contributed by atoms with van der Waals surface area (Å²) in [6, 6.07) is 0. The Labute approximate surface area is 140 Å². The molecule has 3 atom stereocenters. The van der Waals surface area contributed by atoms with Crippen LogP contribution in [0, 0.1) is 11.8 Å². The maximum absolute atomic E-state index is 12.5. The Morgan fingerprint density at radius 3 is 2.70 bits per heavy atom. The van der Waals surface area contributed by atoms with E-state index in [9.17, 15) is 4.79 Å². The molecule has 2 saturated heterocycles. The highest BCUT2D eigenvalue weighted by atomic mass is 16.6. The third-order valence-corrected chi connectivity index (χ3v) is 5.92. The molecule has 0 aromatic heterocycles. The predicted octanol–water partition coefficient (Wildman–Crippen LogP) is 2.68. The topological polar surface area (TPSA) is 30.7 Å². The first-order valence-corrected chi connectivity index (χ1v) is 9.50. The van der Waals surface area contributed by atoms with Crippen LogP contribution < -0.4 is 4.90 Å². The first-order valence-electron chi connectivity index (χ1n) is 9.50. The van der Waals surface area contributed by atoms with Gasteiger partial charge in [-0.2, -0.15) is 0 Å². The minimum absolute atomic E-state index is 0.0163. The third kappa shape index (κ3) is 4.26. The van der Waals surface area contributed by atoms with Gasteiger partial charge in [-0.25, -0.2) is 0 Å². The summed E-state index contributed by atoms with van der Waals surface area (Å²) in [4.78, 5) is 14.1. The van der Waals surface area contributed by atoms with Crippen LogP contribution in [0.5, 0.6) is 0 Å². The van der Waals surface area contributed by atoms with Gasteiger partial charge >= 0.3 is 5.97 Å². The highest BCUT2D eigenvalue weighted by Crippen LogP contribution is 2.35. The van der Waals surface area contributed by atoms with Crippen molar-refractivity contribution in [3.05, 3.63) is 23.3 Å². The number of piperidine rings is 1. The van der Waals surface area contributed by atoms with Gasteiger partial charge in [-0.15, -0.1) is 0 Å². The van der Waals surface area contributed by atoms with E-state index in [0.717, 1.165) is 32.2 Å². The van der Waals surface area contributed by atoms with Gasteiger partial charge in [0, 0.05) is 5.92 Å². The zero-order valence-electron chi connectivity index (χ0n) is 14.8. The Bertz CT molecular complexity index is 488. The lowest BCUT2D eigenvalue weighted by atomic mass is 9.83. The number of hydrogen-bond acceptors (Lipinski definition) is 2. The summed E-state index contributed by atoms with van der Waals surface area (Å²) in [5.41, 5.74) is 2.84. The SMILES string of the molecule is CC1=C[C@@H]2OC(=O)[C@@H](C[NH+]3CCCCC3)[C@H]2CC/C(C)=C\CC1. The van der Waals surface area contributed by atoms with E-state index in [2.05, 4.69) is 26.0 Å². The van der Waals surface area contributed by atoms with Gasteiger partial charge in [-0.05, 0) is 64.9 Å². The van der Waals surface area contributed by atoms with Crippen molar-refractivity contribution >= 4 is 5.97 Å². The fourth-order valence-electron chi connectivity index (χ4n) is 4.44. The van der Waals surface area contributed by atoms with Crippen molar-refractivity contribution in [1.82, 2.24) is 0 Å². The summed E-state index contributed by atoms with van der Waals surface area (Å²) < 4.78 is 5.81. The predicted molar refractivity (Wildman–Crippen MR) is 92.3 cm³/mol. The summed E-state index contributed by atoms with van der Waals surface area (Å²) in [6.07, 6.45) is 13.0. The lowest BCUT2D eigenvalue weighted by molar-refractivity contribution is -0.907. The number of esters is 1. The fourth-order valence-corrected chi connectivity index (χ4v) is 4.44. The molecule has 2 fully saturated rings. The van der Waals surface area contributed by atoms with E-state index in [1.807, 2.05) is 0 Å². The highest BCUT2D eigenvalue weighted by molar-refractivity contribution is 5.75. The van der Waals surface area contributed by atoms with Crippen LogP contribution in [0.3, 0.4) is 0 Å². The first-order chi connectivity index (χ1) is 11.1. The van der Waals surface area contributed by atoms with Crippen LogP contribution in [0.2, 0.25) is 0 Å². The van der Waals surface area contributed by atoms with E-state index in [1.54, 1.807) is 4.90 Å². The molecule has 2 heterocycles. The molecule has 0 unspecified atom stereocenters. The van der Waals surface area contributed by atoms with Crippen LogP contribution in [0.15, 0.2) is 23.3 Å². The summed E-state index contributed by atoms with van der Waals surface area (Å²) in [5.74, 6) is 0.528. The van der Waals surface area contributed by atoms with Crippen LogP contribution >= 0.6 is 0 Å². The Morgan fingerprint density at radius 1 is 1.13 bits per heavy atom. The molecule has 0 aromatic carbocycles. The molecule has 0 spiro atoms. The molecule has 3 heteroatoms. The maximum atomic E-state index is 12.5. The van der Waals surface area contributed by atoms with Crippen molar-refractivity contribution in [3.63, 3.8) is 0 Å². The number of allylic oxidation sites excluding steroid dienone is 3. The second kappa shape index (κ2) is 7.65. The molecule has 1 N–H and O–H groups in total. The number of carbonyl (C=O) groups is 1. The number of carbonyl (C=O) groups excluding carboxylic acids is 1. The van der Waals surface area contributed by atoms with Gasteiger partial charge in [-0.3, -0.25) is 4.79 Å². The van der Waals surface area contributed by atoms with Gasteiger partial charge in [0.25, 0.3) is 0 Å². The molecule has 23 heavy (non-hydrogen) atoms. The minimum Gasteiger partial charge on any atom is -0.457 e. The van der Waals surface area contributed by atoms with Crippen molar-refractivity contribution in [3.8, 4) is 0 Å². The fraction of sp³-hybridized carbons (Fsp3) is 0.750. The average Bonchev–Trinajstić information content (AvgIpc) is 2.81. The van der Waals surface area contributed by atoms with Crippen LogP contribution in [-0.2, 0) is 9.53 Å². The van der Waals surface area contributed by atoms with Crippen molar-refractivity contribution in [2.24, 2.45) is 11.8 Å². The van der Waals surface area contributed by atoms with Gasteiger partial charge in [-0.1, -0.05) is 17.2 Å². The number of quaternary nitrogens is 1. The quantitative estimate of drug-likeness (QED) is 0.627. The van der Waals surface area contributed by atoms with E-state index in [-0.39, 0.29) is 18.0 Å². The molecule has 128 valence electrons.